The summed E-state index contributed by atoms with van der Waals surface area (Å²) in [5, 5.41) is 9.09. The number of amides is 1. The Labute approximate surface area is 164 Å². The normalized spacial score (nSPS) is 10.8. The zero-order chi connectivity index (χ0) is 19.5. The second kappa shape index (κ2) is 7.74. The van der Waals surface area contributed by atoms with Crippen LogP contribution in [-0.2, 0) is 6.54 Å². The maximum atomic E-state index is 13.4. The van der Waals surface area contributed by atoms with E-state index in [2.05, 4.69) is 10.4 Å². The number of benzene rings is 2. The number of hydrogen-bond donors (Lipinski definition) is 1. The van der Waals surface area contributed by atoms with Crippen molar-refractivity contribution < 1.29 is 13.6 Å². The number of hydrogen-bond acceptors (Lipinski definition) is 3. The summed E-state index contributed by atoms with van der Waals surface area (Å²) in [5.74, 6) is -2.42. The minimum Gasteiger partial charge on any atom is -0.322 e. The van der Waals surface area contributed by atoms with E-state index in [0.717, 1.165) is 22.6 Å². The summed E-state index contributed by atoms with van der Waals surface area (Å²) in [6.45, 7) is 0.512. The number of nitrogens with one attached hydrogen (secondary N) is 1. The maximum Gasteiger partial charge on any atom is 0.259 e. The zero-order valence-electron chi connectivity index (χ0n) is 14.6. The molecule has 4 rings (SSSR count). The summed E-state index contributed by atoms with van der Waals surface area (Å²) < 4.78 is 28.3. The average Bonchev–Trinajstić information content (AvgIpc) is 3.35. The molecule has 0 fully saturated rings. The molecule has 28 heavy (non-hydrogen) atoms. The standard InChI is InChI=1S/C21H15F2N3OS/c22-17-9-8-15(11-18(17)23)24-21(27)16-13-26(12-14-5-2-1-3-6-14)25-20(16)19-7-4-10-28-19/h1-11,13H,12H2,(H,24,27). The van der Waals surface area contributed by atoms with E-state index in [1.807, 2.05) is 47.8 Å². The Morgan fingerprint density at radius 2 is 1.86 bits per heavy atom. The third kappa shape index (κ3) is 3.84. The molecule has 1 amide bonds. The van der Waals surface area contributed by atoms with Crippen LogP contribution >= 0.6 is 11.3 Å². The predicted molar refractivity (Wildman–Crippen MR) is 105 cm³/mol. The smallest absolute Gasteiger partial charge is 0.259 e. The molecule has 4 aromatic rings. The Morgan fingerprint density at radius 1 is 1.04 bits per heavy atom. The van der Waals surface area contributed by atoms with Crippen LogP contribution in [0.25, 0.3) is 10.6 Å². The predicted octanol–water partition coefficient (Wildman–Crippen LogP) is 5.19. The fourth-order valence-corrected chi connectivity index (χ4v) is 3.53. The number of anilines is 1. The molecule has 0 unspecified atom stereocenters. The molecule has 0 saturated carbocycles. The van der Waals surface area contributed by atoms with E-state index in [1.165, 1.54) is 17.4 Å². The number of thiophene rings is 1. The van der Waals surface area contributed by atoms with Gasteiger partial charge in [-0.15, -0.1) is 11.3 Å². The van der Waals surface area contributed by atoms with Crippen LogP contribution in [0.5, 0.6) is 0 Å². The van der Waals surface area contributed by atoms with Crippen molar-refractivity contribution in [3.05, 3.63) is 95.0 Å². The Balaban J connectivity index is 1.66. The molecule has 2 heterocycles. The summed E-state index contributed by atoms with van der Waals surface area (Å²) in [6.07, 6.45) is 1.66. The van der Waals surface area contributed by atoms with Gasteiger partial charge in [-0.05, 0) is 29.1 Å². The number of carbonyl (C=O) groups is 1. The van der Waals surface area contributed by atoms with Crippen LogP contribution in [0, 0.1) is 11.6 Å². The Bertz CT molecular complexity index is 1110. The molecule has 0 spiro atoms. The van der Waals surface area contributed by atoms with Crippen molar-refractivity contribution in [3.63, 3.8) is 0 Å². The third-order valence-electron chi connectivity index (χ3n) is 4.13. The lowest BCUT2D eigenvalue weighted by molar-refractivity contribution is 0.102. The quantitative estimate of drug-likeness (QED) is 0.505. The van der Waals surface area contributed by atoms with Crippen LogP contribution in [0.3, 0.4) is 0 Å². The number of nitrogens with zero attached hydrogens (tertiary/aromatic N) is 2. The van der Waals surface area contributed by atoms with Gasteiger partial charge in [0.2, 0.25) is 0 Å². The van der Waals surface area contributed by atoms with Gasteiger partial charge in [-0.2, -0.15) is 5.10 Å². The Kier molecular flexibility index (Phi) is 4.99. The SMILES string of the molecule is O=C(Nc1ccc(F)c(F)c1)c1cn(Cc2ccccc2)nc1-c1cccs1. The van der Waals surface area contributed by atoms with Crippen molar-refractivity contribution in [2.45, 2.75) is 6.54 Å². The molecule has 0 bridgehead atoms. The van der Waals surface area contributed by atoms with Crippen molar-refractivity contribution in [1.29, 1.82) is 0 Å². The molecule has 0 atom stereocenters. The van der Waals surface area contributed by atoms with Crippen LogP contribution in [0.2, 0.25) is 0 Å². The van der Waals surface area contributed by atoms with Crippen LogP contribution < -0.4 is 5.32 Å². The molecule has 0 aliphatic heterocycles. The summed E-state index contributed by atoms with van der Waals surface area (Å²) in [7, 11) is 0. The summed E-state index contributed by atoms with van der Waals surface area (Å²) >= 11 is 1.47. The molecule has 0 aliphatic carbocycles. The lowest BCUT2D eigenvalue weighted by Gasteiger charge is -2.05. The van der Waals surface area contributed by atoms with Gasteiger partial charge >= 0.3 is 0 Å². The van der Waals surface area contributed by atoms with E-state index < -0.39 is 17.5 Å². The van der Waals surface area contributed by atoms with Crippen LogP contribution in [-0.4, -0.2) is 15.7 Å². The number of carbonyl (C=O) groups excluding carboxylic acids is 1. The second-order valence-corrected chi connectivity index (χ2v) is 7.08. The zero-order valence-corrected chi connectivity index (χ0v) is 15.4. The lowest BCUT2D eigenvalue weighted by atomic mass is 10.2. The molecular weight excluding hydrogens is 380 g/mol. The molecular formula is C21H15F2N3OS. The fourth-order valence-electron chi connectivity index (χ4n) is 2.81. The van der Waals surface area contributed by atoms with Crippen LogP contribution in [0.15, 0.2) is 72.2 Å². The van der Waals surface area contributed by atoms with Crippen LogP contribution in [0.4, 0.5) is 14.5 Å². The van der Waals surface area contributed by atoms with E-state index in [4.69, 9.17) is 0 Å². The lowest BCUT2D eigenvalue weighted by Crippen LogP contribution is -2.12. The summed E-state index contributed by atoms with van der Waals surface area (Å²) in [5.41, 5.74) is 2.14. The minimum atomic E-state index is -1.02. The van der Waals surface area contributed by atoms with Gasteiger partial charge in [0.1, 0.15) is 5.69 Å². The van der Waals surface area contributed by atoms with E-state index >= 15 is 0 Å². The molecule has 2 aromatic carbocycles. The molecule has 0 saturated heterocycles. The van der Waals surface area contributed by atoms with Crippen LogP contribution in [0.1, 0.15) is 15.9 Å². The highest BCUT2D eigenvalue weighted by Gasteiger charge is 2.19. The number of rotatable bonds is 5. The van der Waals surface area contributed by atoms with Gasteiger partial charge in [0.05, 0.1) is 17.0 Å². The molecule has 0 radical (unpaired) electrons. The van der Waals surface area contributed by atoms with Gasteiger partial charge in [-0.25, -0.2) is 8.78 Å². The molecule has 0 aliphatic rings. The molecule has 7 heteroatoms. The van der Waals surface area contributed by atoms with E-state index in [0.29, 0.717) is 17.8 Å². The van der Waals surface area contributed by atoms with Gasteiger partial charge < -0.3 is 5.32 Å². The van der Waals surface area contributed by atoms with Crippen molar-refractivity contribution in [1.82, 2.24) is 9.78 Å². The third-order valence-corrected chi connectivity index (χ3v) is 5.00. The van der Waals surface area contributed by atoms with E-state index in [9.17, 15) is 13.6 Å². The minimum absolute atomic E-state index is 0.178. The monoisotopic (exact) mass is 395 g/mol. The van der Waals surface area contributed by atoms with Gasteiger partial charge in [-0.3, -0.25) is 9.48 Å². The highest BCUT2D eigenvalue weighted by molar-refractivity contribution is 7.13. The molecule has 140 valence electrons. The molecule has 2 aromatic heterocycles. The first kappa shape index (κ1) is 18.1. The van der Waals surface area contributed by atoms with Gasteiger partial charge in [0, 0.05) is 18.0 Å². The molecule has 1 N–H and O–H groups in total. The van der Waals surface area contributed by atoms with E-state index in [1.54, 1.807) is 10.9 Å². The van der Waals surface area contributed by atoms with Gasteiger partial charge in [0.15, 0.2) is 11.6 Å². The summed E-state index contributed by atoms with van der Waals surface area (Å²) in [6, 6.07) is 16.8. The van der Waals surface area contributed by atoms with Gasteiger partial charge in [0.25, 0.3) is 5.91 Å². The highest BCUT2D eigenvalue weighted by atomic mass is 32.1. The molecule has 4 nitrogen and oxygen atoms in total. The fraction of sp³-hybridized carbons (Fsp3) is 0.0476. The van der Waals surface area contributed by atoms with Crippen molar-refractivity contribution in [3.8, 4) is 10.6 Å². The first-order valence-electron chi connectivity index (χ1n) is 8.52. The second-order valence-electron chi connectivity index (χ2n) is 6.13. The summed E-state index contributed by atoms with van der Waals surface area (Å²) in [4.78, 5) is 13.7. The Hall–Kier alpha value is -3.32. The first-order chi connectivity index (χ1) is 13.6. The largest absolute Gasteiger partial charge is 0.322 e. The van der Waals surface area contributed by atoms with Crippen molar-refractivity contribution >= 4 is 22.9 Å². The highest BCUT2D eigenvalue weighted by Crippen LogP contribution is 2.28. The topological polar surface area (TPSA) is 46.9 Å². The van der Waals surface area contributed by atoms with Crippen molar-refractivity contribution in [2.24, 2.45) is 0 Å². The first-order valence-corrected chi connectivity index (χ1v) is 9.40. The van der Waals surface area contributed by atoms with Crippen molar-refractivity contribution in [2.75, 3.05) is 5.32 Å². The average molecular weight is 395 g/mol. The number of halogens is 2. The van der Waals surface area contributed by atoms with E-state index in [-0.39, 0.29) is 5.69 Å². The number of aromatic nitrogens is 2. The maximum absolute atomic E-state index is 13.4. The van der Waals surface area contributed by atoms with Gasteiger partial charge in [-0.1, -0.05) is 36.4 Å². The Morgan fingerprint density at radius 3 is 2.57 bits per heavy atom.